The van der Waals surface area contributed by atoms with Gasteiger partial charge in [-0.1, -0.05) is 359 Å². The van der Waals surface area contributed by atoms with Crippen molar-refractivity contribution in [3.05, 3.63) is 36.5 Å². The quantitative estimate of drug-likeness (QED) is 0.0195. The van der Waals surface area contributed by atoms with Gasteiger partial charge in [-0.2, -0.15) is 0 Å². The first-order chi connectivity index (χ1) is 46.2. The molecule has 1 aliphatic heterocycles. The van der Waals surface area contributed by atoms with Crippen molar-refractivity contribution in [2.45, 2.75) is 461 Å². The second kappa shape index (κ2) is 72.1. The maximum absolute atomic E-state index is 13.0. The van der Waals surface area contributed by atoms with E-state index in [1.54, 1.807) is 6.08 Å². The summed E-state index contributed by atoms with van der Waals surface area (Å²) in [5.74, 6) is -0.163. The molecule has 1 amide bonds. The van der Waals surface area contributed by atoms with E-state index in [1.807, 2.05) is 6.08 Å². The van der Waals surface area contributed by atoms with Crippen LogP contribution in [0.1, 0.15) is 418 Å². The number of nitrogens with one attached hydrogen (secondary N) is 1. The van der Waals surface area contributed by atoms with Gasteiger partial charge in [-0.05, 0) is 83.5 Å². The van der Waals surface area contributed by atoms with Crippen LogP contribution >= 0.6 is 0 Å². The minimum atomic E-state index is -1.57. The fourth-order valence-corrected chi connectivity index (χ4v) is 13.3. The smallest absolute Gasteiger partial charge is 0.305 e. The molecule has 1 saturated heterocycles. The Hall–Kier alpha value is -2.12. The third-order valence-electron chi connectivity index (χ3n) is 19.7. The number of esters is 1. The van der Waals surface area contributed by atoms with Crippen LogP contribution in [-0.2, 0) is 23.8 Å². The van der Waals surface area contributed by atoms with E-state index in [0.29, 0.717) is 19.4 Å². The lowest BCUT2D eigenvalue weighted by Crippen LogP contribution is -2.60. The van der Waals surface area contributed by atoms with Gasteiger partial charge in [0, 0.05) is 12.8 Å². The molecule has 0 aromatic rings. The highest BCUT2D eigenvalue weighted by Gasteiger charge is 2.44. The number of ether oxygens (including phenoxy) is 3. The Bertz CT molecular complexity index is 1660. The third kappa shape index (κ3) is 59.9. The lowest BCUT2D eigenvalue weighted by Gasteiger charge is -2.40. The molecule has 1 heterocycles. The minimum Gasteiger partial charge on any atom is -0.466 e. The molecule has 11 nitrogen and oxygen atoms in total. The van der Waals surface area contributed by atoms with E-state index in [-0.39, 0.29) is 18.5 Å². The molecule has 7 unspecified atom stereocenters. The highest BCUT2D eigenvalue weighted by Crippen LogP contribution is 2.24. The van der Waals surface area contributed by atoms with Crippen molar-refractivity contribution in [2.75, 3.05) is 19.8 Å². The zero-order valence-electron chi connectivity index (χ0n) is 62.0. The predicted octanol–water partition coefficient (Wildman–Crippen LogP) is 22.5. The maximum atomic E-state index is 13.0. The van der Waals surface area contributed by atoms with Crippen molar-refractivity contribution in [1.29, 1.82) is 0 Å². The Morgan fingerprint density at radius 3 is 1.02 bits per heavy atom. The summed E-state index contributed by atoms with van der Waals surface area (Å²) < 4.78 is 16.8. The fourth-order valence-electron chi connectivity index (χ4n) is 13.3. The van der Waals surface area contributed by atoms with E-state index in [4.69, 9.17) is 14.2 Å². The van der Waals surface area contributed by atoms with Crippen LogP contribution in [0.15, 0.2) is 36.5 Å². The van der Waals surface area contributed by atoms with Crippen molar-refractivity contribution >= 4 is 11.9 Å². The van der Waals surface area contributed by atoms with Crippen molar-refractivity contribution < 1.29 is 49.3 Å². The van der Waals surface area contributed by atoms with Crippen molar-refractivity contribution in [1.82, 2.24) is 5.32 Å². The van der Waals surface area contributed by atoms with Crippen LogP contribution in [0.5, 0.6) is 0 Å². The molecule has 1 rings (SSSR count). The normalized spacial score (nSPS) is 17.5. The number of aliphatic hydroxyl groups is 5. The Labute approximate surface area is 581 Å². The molecule has 6 N–H and O–H groups in total. The van der Waals surface area contributed by atoms with Crippen molar-refractivity contribution in [3.63, 3.8) is 0 Å². The Morgan fingerprint density at radius 1 is 0.383 bits per heavy atom. The Balaban J connectivity index is 1.83. The Kier molecular flexibility index (Phi) is 69.0. The highest BCUT2D eigenvalue weighted by molar-refractivity contribution is 5.76. The summed E-state index contributed by atoms with van der Waals surface area (Å²) in [6.45, 7) is 4.36. The summed E-state index contributed by atoms with van der Waals surface area (Å²) >= 11 is 0. The molecule has 0 spiro atoms. The number of aliphatic hydroxyl groups excluding tert-OH is 5. The molecule has 0 radical (unpaired) electrons. The predicted molar refractivity (Wildman–Crippen MR) is 398 cm³/mol. The van der Waals surface area contributed by atoms with Gasteiger partial charge in [0.05, 0.1) is 32.0 Å². The number of allylic oxidation sites excluding steroid dienone is 5. The van der Waals surface area contributed by atoms with Crippen LogP contribution in [0.3, 0.4) is 0 Å². The summed E-state index contributed by atoms with van der Waals surface area (Å²) in [5, 5.41) is 54.4. The summed E-state index contributed by atoms with van der Waals surface area (Å²) in [6, 6.07) is -0.805. The van der Waals surface area contributed by atoms with E-state index in [1.165, 1.54) is 334 Å². The topological polar surface area (TPSA) is 175 Å². The van der Waals surface area contributed by atoms with Crippen molar-refractivity contribution in [3.8, 4) is 0 Å². The molecular formula is C83H157NO10. The summed E-state index contributed by atoms with van der Waals surface area (Å²) in [7, 11) is 0. The van der Waals surface area contributed by atoms with Crippen LogP contribution in [-0.4, -0.2) is 100 Å². The van der Waals surface area contributed by atoms with E-state index < -0.39 is 49.5 Å². The molecule has 0 saturated carbocycles. The molecular weight excluding hydrogens is 1170 g/mol. The molecule has 1 aliphatic rings. The molecule has 0 aliphatic carbocycles. The van der Waals surface area contributed by atoms with E-state index in [0.717, 1.165) is 57.8 Å². The summed E-state index contributed by atoms with van der Waals surface area (Å²) in [4.78, 5) is 25.2. The number of hydrogen-bond acceptors (Lipinski definition) is 10. The lowest BCUT2D eigenvalue weighted by atomic mass is 9.99. The van der Waals surface area contributed by atoms with Gasteiger partial charge in [0.2, 0.25) is 5.91 Å². The van der Waals surface area contributed by atoms with Gasteiger partial charge in [0.25, 0.3) is 0 Å². The number of unbranched alkanes of at least 4 members (excludes halogenated alkanes) is 56. The van der Waals surface area contributed by atoms with Crippen molar-refractivity contribution in [2.24, 2.45) is 0 Å². The first kappa shape index (κ1) is 89.9. The van der Waals surface area contributed by atoms with E-state index in [9.17, 15) is 35.1 Å². The molecule has 11 heteroatoms. The molecule has 0 bridgehead atoms. The molecule has 554 valence electrons. The monoisotopic (exact) mass is 1330 g/mol. The number of carbonyl (C=O) groups excluding carboxylic acids is 2. The van der Waals surface area contributed by atoms with E-state index in [2.05, 4.69) is 43.5 Å². The van der Waals surface area contributed by atoms with Gasteiger partial charge in [-0.25, -0.2) is 0 Å². The first-order valence-electron chi connectivity index (χ1n) is 41.3. The third-order valence-corrected chi connectivity index (χ3v) is 19.7. The lowest BCUT2D eigenvalue weighted by molar-refractivity contribution is -0.302. The van der Waals surface area contributed by atoms with Crippen LogP contribution < -0.4 is 5.32 Å². The zero-order valence-corrected chi connectivity index (χ0v) is 62.0. The summed E-state index contributed by atoms with van der Waals surface area (Å²) in [6.07, 6.45) is 85.0. The second-order valence-corrected chi connectivity index (χ2v) is 28.8. The SMILES string of the molecule is CCCCCCCCC/C=C\CCCCCCCCCC(=O)OCCCCCCCCCCCCCCCCCCCC/C=C\CCCCCCCCCCCCCCCCCCCC(=O)NC(COC1OC(CO)C(O)C(O)C1O)C(O)/C=C/CCCCCCCCC. The van der Waals surface area contributed by atoms with Gasteiger partial charge in [-0.15, -0.1) is 0 Å². The number of carbonyl (C=O) groups is 2. The number of amides is 1. The average Bonchev–Trinajstić information content (AvgIpc) is 0.848. The molecule has 0 aromatic carbocycles. The Morgan fingerprint density at radius 2 is 0.681 bits per heavy atom. The number of hydrogen-bond donors (Lipinski definition) is 6. The van der Waals surface area contributed by atoms with Gasteiger partial charge < -0.3 is 45.1 Å². The molecule has 0 aromatic heterocycles. The van der Waals surface area contributed by atoms with Crippen LogP contribution in [0, 0.1) is 0 Å². The largest absolute Gasteiger partial charge is 0.466 e. The average molecular weight is 1330 g/mol. The first-order valence-corrected chi connectivity index (χ1v) is 41.3. The van der Waals surface area contributed by atoms with Crippen LogP contribution in [0.2, 0.25) is 0 Å². The fraction of sp³-hybridized carbons (Fsp3) is 0.904. The maximum Gasteiger partial charge on any atom is 0.305 e. The second-order valence-electron chi connectivity index (χ2n) is 28.8. The van der Waals surface area contributed by atoms with Crippen LogP contribution in [0.4, 0.5) is 0 Å². The molecule has 94 heavy (non-hydrogen) atoms. The number of rotatable bonds is 74. The molecule has 1 fully saturated rings. The standard InChI is InChI=1S/C83H157NO10/c1-3-5-7-9-11-13-14-15-16-17-42-45-48-51-55-59-63-67-71-79(88)92-72-68-64-60-56-52-49-46-43-40-38-36-34-32-30-28-26-24-22-20-18-19-21-23-25-27-29-31-33-35-37-39-41-44-47-50-54-58-62-66-70-78(87)84-75(76(86)69-65-61-57-53-12-10-8-6-4-2)74-93-83-82(91)81(90)80(89)77(73-85)94-83/h16-19,65,69,75-77,80-83,85-86,89-91H,3-15,20-64,66-68,70-74H2,1-2H3,(H,84,87)/b17-16-,19-18-,69-65+. The zero-order chi connectivity index (χ0) is 67.9. The van der Waals surface area contributed by atoms with Gasteiger partial charge >= 0.3 is 5.97 Å². The van der Waals surface area contributed by atoms with Gasteiger partial charge in [-0.3, -0.25) is 9.59 Å². The summed E-state index contributed by atoms with van der Waals surface area (Å²) in [5.41, 5.74) is 0. The minimum absolute atomic E-state index is 0.0146. The molecule has 7 atom stereocenters. The van der Waals surface area contributed by atoms with Crippen LogP contribution in [0.25, 0.3) is 0 Å². The van der Waals surface area contributed by atoms with E-state index >= 15 is 0 Å². The van der Waals surface area contributed by atoms with Gasteiger partial charge in [0.1, 0.15) is 24.4 Å². The highest BCUT2D eigenvalue weighted by atomic mass is 16.7. The van der Waals surface area contributed by atoms with Gasteiger partial charge in [0.15, 0.2) is 6.29 Å².